The molecule has 6 aromatic rings. The standard InChI is InChI=1S/C38H28N4/c1-4-12-27(13-5-1)32-24-33(28-19-21-29(22-20-28)35-18-10-11-23-39-35)26-34(25-32)38-41-36(30-14-6-2-7-15-30)40-37(42-38)31-16-8-3-9-17-31/h1-26,36H,(H,40,41,42). The molecule has 2 heterocycles. The lowest BCUT2D eigenvalue weighted by Gasteiger charge is -2.24. The molecule has 1 N–H and O–H groups in total. The maximum absolute atomic E-state index is 5.07. The lowest BCUT2D eigenvalue weighted by Crippen LogP contribution is -2.33. The zero-order valence-corrected chi connectivity index (χ0v) is 22.9. The molecule has 1 unspecified atom stereocenters. The third-order valence-corrected chi connectivity index (χ3v) is 7.38. The van der Waals surface area contributed by atoms with Crippen LogP contribution < -0.4 is 5.32 Å². The van der Waals surface area contributed by atoms with Crippen molar-refractivity contribution in [1.29, 1.82) is 0 Å². The highest BCUT2D eigenvalue weighted by molar-refractivity contribution is 6.13. The number of hydrogen-bond acceptors (Lipinski definition) is 4. The molecule has 0 amide bonds. The number of hydrogen-bond donors (Lipinski definition) is 1. The van der Waals surface area contributed by atoms with Crippen LogP contribution >= 0.6 is 0 Å². The van der Waals surface area contributed by atoms with Crippen LogP contribution in [0.5, 0.6) is 0 Å². The highest BCUT2D eigenvalue weighted by atomic mass is 15.2. The Kier molecular flexibility index (Phi) is 6.93. The van der Waals surface area contributed by atoms with Crippen molar-refractivity contribution in [2.24, 2.45) is 9.98 Å². The Morgan fingerprint density at radius 2 is 1.00 bits per heavy atom. The molecule has 1 aliphatic rings. The number of amidine groups is 2. The van der Waals surface area contributed by atoms with E-state index in [0.29, 0.717) is 5.84 Å². The van der Waals surface area contributed by atoms with Gasteiger partial charge in [-0.05, 0) is 58.1 Å². The SMILES string of the molecule is c1ccc(C2=NC(c3ccccc3)NC(c3cc(-c4ccccc4)cc(-c4ccc(-c5ccccn5)cc4)c3)=N2)cc1. The van der Waals surface area contributed by atoms with Gasteiger partial charge in [-0.25, -0.2) is 9.98 Å². The van der Waals surface area contributed by atoms with Gasteiger partial charge >= 0.3 is 0 Å². The summed E-state index contributed by atoms with van der Waals surface area (Å²) in [6.07, 6.45) is 1.57. The van der Waals surface area contributed by atoms with Crippen molar-refractivity contribution in [3.05, 3.63) is 175 Å². The van der Waals surface area contributed by atoms with Crippen molar-refractivity contribution in [3.8, 4) is 33.5 Å². The van der Waals surface area contributed by atoms with Crippen LogP contribution in [0.15, 0.2) is 168 Å². The smallest absolute Gasteiger partial charge is 0.159 e. The van der Waals surface area contributed by atoms with Crippen LogP contribution in [-0.2, 0) is 0 Å². The zero-order chi connectivity index (χ0) is 28.1. The second-order valence-corrected chi connectivity index (χ2v) is 10.2. The van der Waals surface area contributed by atoms with Gasteiger partial charge in [0, 0.05) is 22.9 Å². The lowest BCUT2D eigenvalue weighted by atomic mass is 9.94. The fourth-order valence-electron chi connectivity index (χ4n) is 5.21. The largest absolute Gasteiger partial charge is 0.344 e. The van der Waals surface area contributed by atoms with Crippen LogP contribution in [0.3, 0.4) is 0 Å². The Morgan fingerprint density at radius 3 is 1.64 bits per heavy atom. The number of nitrogens with one attached hydrogen (secondary N) is 1. The summed E-state index contributed by atoms with van der Waals surface area (Å²) >= 11 is 0. The summed E-state index contributed by atoms with van der Waals surface area (Å²) in [5.74, 6) is 1.51. The number of aromatic nitrogens is 1. The maximum Gasteiger partial charge on any atom is 0.159 e. The van der Waals surface area contributed by atoms with E-state index in [1.165, 1.54) is 0 Å². The molecule has 1 aromatic heterocycles. The molecular formula is C38H28N4. The Labute approximate surface area is 245 Å². The zero-order valence-electron chi connectivity index (χ0n) is 22.9. The fraction of sp³-hybridized carbons (Fsp3) is 0.0263. The van der Waals surface area contributed by atoms with Crippen molar-refractivity contribution < 1.29 is 0 Å². The number of pyridine rings is 1. The van der Waals surface area contributed by atoms with Crippen molar-refractivity contribution >= 4 is 11.7 Å². The first-order chi connectivity index (χ1) is 20.8. The van der Waals surface area contributed by atoms with E-state index < -0.39 is 0 Å². The van der Waals surface area contributed by atoms with Gasteiger partial charge in [-0.2, -0.15) is 0 Å². The molecule has 200 valence electrons. The number of benzene rings is 5. The third-order valence-electron chi connectivity index (χ3n) is 7.38. The fourth-order valence-corrected chi connectivity index (χ4v) is 5.21. The molecule has 0 radical (unpaired) electrons. The predicted octanol–water partition coefficient (Wildman–Crippen LogP) is 8.58. The molecule has 0 bridgehead atoms. The summed E-state index contributed by atoms with van der Waals surface area (Å²) < 4.78 is 0. The van der Waals surface area contributed by atoms with Gasteiger partial charge in [-0.1, -0.05) is 121 Å². The predicted molar refractivity (Wildman–Crippen MR) is 172 cm³/mol. The van der Waals surface area contributed by atoms with Crippen LogP contribution in [0, 0.1) is 0 Å². The Bertz CT molecular complexity index is 1860. The van der Waals surface area contributed by atoms with Crippen LogP contribution in [0.4, 0.5) is 0 Å². The molecule has 4 nitrogen and oxygen atoms in total. The summed E-state index contributed by atoms with van der Waals surface area (Å²) in [4.78, 5) is 14.6. The normalized spacial score (nSPS) is 14.4. The van der Waals surface area contributed by atoms with Gasteiger partial charge in [-0.15, -0.1) is 0 Å². The molecule has 0 fully saturated rings. The highest BCUT2D eigenvalue weighted by Gasteiger charge is 2.22. The van der Waals surface area contributed by atoms with Gasteiger partial charge in [-0.3, -0.25) is 4.98 Å². The van der Waals surface area contributed by atoms with Crippen LogP contribution in [0.1, 0.15) is 22.9 Å². The summed E-state index contributed by atoms with van der Waals surface area (Å²) in [5, 5.41) is 3.63. The molecule has 1 aliphatic heterocycles. The van der Waals surface area contributed by atoms with Gasteiger partial charge in [0.2, 0.25) is 0 Å². The average molecular weight is 541 g/mol. The molecule has 1 atom stereocenters. The Balaban J connectivity index is 1.34. The maximum atomic E-state index is 5.07. The molecule has 0 saturated heterocycles. The molecule has 7 rings (SSSR count). The quantitative estimate of drug-likeness (QED) is 0.230. The van der Waals surface area contributed by atoms with Gasteiger partial charge in [0.25, 0.3) is 0 Å². The van der Waals surface area contributed by atoms with E-state index in [9.17, 15) is 0 Å². The van der Waals surface area contributed by atoms with Crippen molar-refractivity contribution in [1.82, 2.24) is 10.3 Å². The monoisotopic (exact) mass is 540 g/mol. The second kappa shape index (κ2) is 11.5. The minimum atomic E-state index is -0.254. The van der Waals surface area contributed by atoms with E-state index in [2.05, 4.69) is 101 Å². The molecular weight excluding hydrogens is 512 g/mol. The van der Waals surface area contributed by atoms with Crippen molar-refractivity contribution in [2.45, 2.75) is 6.17 Å². The van der Waals surface area contributed by atoms with E-state index >= 15 is 0 Å². The summed E-state index contributed by atoms with van der Waals surface area (Å²) in [6, 6.07) is 52.2. The second-order valence-electron chi connectivity index (χ2n) is 10.2. The van der Waals surface area contributed by atoms with Crippen LogP contribution in [0.2, 0.25) is 0 Å². The summed E-state index contributed by atoms with van der Waals surface area (Å²) in [6.45, 7) is 0. The van der Waals surface area contributed by atoms with Crippen LogP contribution in [-0.4, -0.2) is 16.7 Å². The van der Waals surface area contributed by atoms with Crippen molar-refractivity contribution in [2.75, 3.05) is 0 Å². The molecule has 0 aliphatic carbocycles. The number of aliphatic imine (C=N–C) groups is 2. The number of nitrogens with zero attached hydrogens (tertiary/aromatic N) is 3. The van der Waals surface area contributed by atoms with E-state index in [1.54, 1.807) is 0 Å². The Morgan fingerprint density at radius 1 is 0.452 bits per heavy atom. The minimum absolute atomic E-state index is 0.254. The summed E-state index contributed by atoms with van der Waals surface area (Å²) in [7, 11) is 0. The van der Waals surface area contributed by atoms with E-state index in [1.807, 2.05) is 66.9 Å². The van der Waals surface area contributed by atoms with E-state index in [4.69, 9.17) is 9.98 Å². The van der Waals surface area contributed by atoms with Crippen molar-refractivity contribution in [3.63, 3.8) is 0 Å². The molecule has 0 saturated carbocycles. The molecule has 42 heavy (non-hydrogen) atoms. The Hall–Kier alpha value is -5.61. The third kappa shape index (κ3) is 5.38. The molecule has 4 heteroatoms. The minimum Gasteiger partial charge on any atom is -0.344 e. The molecule has 0 spiro atoms. The van der Waals surface area contributed by atoms with Crippen LogP contribution in [0.25, 0.3) is 33.5 Å². The highest BCUT2D eigenvalue weighted by Crippen LogP contribution is 2.31. The first-order valence-electron chi connectivity index (χ1n) is 14.1. The van der Waals surface area contributed by atoms with E-state index in [-0.39, 0.29) is 6.17 Å². The molecule has 5 aromatic carbocycles. The van der Waals surface area contributed by atoms with Gasteiger partial charge in [0.05, 0.1) is 5.69 Å². The van der Waals surface area contributed by atoms with Gasteiger partial charge in [0.1, 0.15) is 12.0 Å². The first kappa shape index (κ1) is 25.4. The average Bonchev–Trinajstić information content (AvgIpc) is 3.09. The van der Waals surface area contributed by atoms with Gasteiger partial charge in [0.15, 0.2) is 5.84 Å². The van der Waals surface area contributed by atoms with Gasteiger partial charge < -0.3 is 5.32 Å². The summed E-state index contributed by atoms with van der Waals surface area (Å²) in [5.41, 5.74) is 9.65. The van der Waals surface area contributed by atoms with E-state index in [0.717, 1.165) is 56.0 Å². The lowest BCUT2D eigenvalue weighted by molar-refractivity contribution is 0.674. The number of rotatable bonds is 6. The topological polar surface area (TPSA) is 49.6 Å². The first-order valence-corrected chi connectivity index (χ1v) is 14.1.